The number of carboxylic acid groups (broad SMARTS) is 1. The van der Waals surface area contributed by atoms with Gasteiger partial charge in [-0.1, -0.05) is 26.7 Å². The molecule has 0 aliphatic heterocycles. The SMILES string of the molecule is Cc1nc(C2CCCC(C)C2)nc(C)c1CC(C)C(=O)O. The van der Waals surface area contributed by atoms with Crippen LogP contribution in [-0.4, -0.2) is 21.0 Å². The van der Waals surface area contributed by atoms with Crippen LogP contribution in [0.5, 0.6) is 0 Å². The highest BCUT2D eigenvalue weighted by Crippen LogP contribution is 2.34. The number of carbonyl (C=O) groups is 1. The topological polar surface area (TPSA) is 63.1 Å². The predicted molar refractivity (Wildman–Crippen MR) is 82.4 cm³/mol. The Kier molecular flexibility index (Phi) is 4.96. The Morgan fingerprint density at radius 3 is 2.43 bits per heavy atom. The van der Waals surface area contributed by atoms with Crippen molar-refractivity contribution in [1.29, 1.82) is 0 Å². The number of hydrogen-bond acceptors (Lipinski definition) is 3. The molecule has 0 radical (unpaired) electrons. The lowest BCUT2D eigenvalue weighted by atomic mass is 9.82. The van der Waals surface area contributed by atoms with E-state index in [-0.39, 0.29) is 0 Å². The van der Waals surface area contributed by atoms with Crippen LogP contribution in [0.15, 0.2) is 0 Å². The van der Waals surface area contributed by atoms with Gasteiger partial charge in [0, 0.05) is 17.3 Å². The lowest BCUT2D eigenvalue weighted by Crippen LogP contribution is -2.18. The zero-order valence-corrected chi connectivity index (χ0v) is 13.5. The Morgan fingerprint density at radius 1 is 1.29 bits per heavy atom. The number of nitrogens with zero attached hydrogens (tertiary/aromatic N) is 2. The molecule has 1 aromatic rings. The van der Waals surface area contributed by atoms with Crippen LogP contribution in [0.4, 0.5) is 0 Å². The minimum absolute atomic E-state index is 0.397. The molecule has 1 heterocycles. The molecule has 0 bridgehead atoms. The van der Waals surface area contributed by atoms with Crippen LogP contribution in [0.3, 0.4) is 0 Å². The number of aryl methyl sites for hydroxylation is 2. The molecule has 21 heavy (non-hydrogen) atoms. The molecular formula is C17H26N2O2. The fourth-order valence-corrected chi connectivity index (χ4v) is 3.31. The maximum Gasteiger partial charge on any atom is 0.306 e. The fourth-order valence-electron chi connectivity index (χ4n) is 3.31. The number of aromatic nitrogens is 2. The summed E-state index contributed by atoms with van der Waals surface area (Å²) < 4.78 is 0. The van der Waals surface area contributed by atoms with Crippen LogP contribution in [0.1, 0.15) is 68.2 Å². The minimum Gasteiger partial charge on any atom is -0.481 e. The summed E-state index contributed by atoms with van der Waals surface area (Å²) in [5, 5.41) is 9.07. The van der Waals surface area contributed by atoms with Crippen molar-refractivity contribution in [1.82, 2.24) is 9.97 Å². The lowest BCUT2D eigenvalue weighted by molar-refractivity contribution is -0.141. The zero-order chi connectivity index (χ0) is 15.6. The molecule has 4 heteroatoms. The summed E-state index contributed by atoms with van der Waals surface area (Å²) in [6, 6.07) is 0. The highest BCUT2D eigenvalue weighted by molar-refractivity contribution is 5.70. The first-order valence-corrected chi connectivity index (χ1v) is 7.95. The van der Waals surface area contributed by atoms with Gasteiger partial charge in [0.25, 0.3) is 0 Å². The van der Waals surface area contributed by atoms with E-state index in [4.69, 9.17) is 15.1 Å². The molecule has 1 saturated carbocycles. The molecule has 1 fully saturated rings. The van der Waals surface area contributed by atoms with E-state index in [9.17, 15) is 4.79 Å². The molecule has 0 saturated heterocycles. The molecule has 3 atom stereocenters. The monoisotopic (exact) mass is 290 g/mol. The number of carboxylic acids is 1. The van der Waals surface area contributed by atoms with Crippen LogP contribution >= 0.6 is 0 Å². The van der Waals surface area contributed by atoms with Gasteiger partial charge in [0.15, 0.2) is 0 Å². The van der Waals surface area contributed by atoms with Gasteiger partial charge in [-0.25, -0.2) is 9.97 Å². The van der Waals surface area contributed by atoms with Gasteiger partial charge >= 0.3 is 5.97 Å². The predicted octanol–water partition coefficient (Wildman–Crippen LogP) is 3.65. The third-order valence-electron chi connectivity index (χ3n) is 4.67. The summed E-state index contributed by atoms with van der Waals surface area (Å²) >= 11 is 0. The Morgan fingerprint density at radius 2 is 1.90 bits per heavy atom. The summed E-state index contributed by atoms with van der Waals surface area (Å²) in [4.78, 5) is 20.4. The van der Waals surface area contributed by atoms with Crippen molar-refractivity contribution in [2.45, 2.75) is 65.7 Å². The van der Waals surface area contributed by atoms with Crippen LogP contribution in [-0.2, 0) is 11.2 Å². The molecule has 2 rings (SSSR count). The molecule has 116 valence electrons. The van der Waals surface area contributed by atoms with Gasteiger partial charge in [0.1, 0.15) is 5.82 Å². The molecule has 0 spiro atoms. The molecule has 3 unspecified atom stereocenters. The van der Waals surface area contributed by atoms with Gasteiger partial charge in [0.2, 0.25) is 0 Å². The molecule has 1 aliphatic carbocycles. The highest BCUT2D eigenvalue weighted by Gasteiger charge is 2.24. The second kappa shape index (κ2) is 6.54. The van der Waals surface area contributed by atoms with Gasteiger partial charge in [-0.2, -0.15) is 0 Å². The van der Waals surface area contributed by atoms with Crippen molar-refractivity contribution in [3.05, 3.63) is 22.8 Å². The van der Waals surface area contributed by atoms with Crippen molar-refractivity contribution in [2.24, 2.45) is 11.8 Å². The summed E-state index contributed by atoms with van der Waals surface area (Å²) in [5.41, 5.74) is 2.89. The molecule has 4 nitrogen and oxygen atoms in total. The minimum atomic E-state index is -0.765. The first-order valence-electron chi connectivity index (χ1n) is 7.95. The second-order valence-corrected chi connectivity index (χ2v) is 6.64. The van der Waals surface area contributed by atoms with Crippen molar-refractivity contribution < 1.29 is 9.90 Å². The molecular weight excluding hydrogens is 264 g/mol. The molecule has 1 aliphatic rings. The van der Waals surface area contributed by atoms with Crippen molar-refractivity contribution in [3.8, 4) is 0 Å². The Balaban J connectivity index is 2.22. The van der Waals surface area contributed by atoms with Gasteiger partial charge in [-0.3, -0.25) is 4.79 Å². The van der Waals surface area contributed by atoms with Crippen LogP contribution in [0, 0.1) is 25.7 Å². The lowest BCUT2D eigenvalue weighted by Gasteiger charge is -2.26. The Bertz CT molecular complexity index is 505. The van der Waals surface area contributed by atoms with Crippen molar-refractivity contribution >= 4 is 5.97 Å². The van der Waals surface area contributed by atoms with Crippen LogP contribution in [0.2, 0.25) is 0 Å². The van der Waals surface area contributed by atoms with E-state index < -0.39 is 11.9 Å². The van der Waals surface area contributed by atoms with E-state index in [1.165, 1.54) is 25.7 Å². The van der Waals surface area contributed by atoms with Crippen LogP contribution < -0.4 is 0 Å². The van der Waals surface area contributed by atoms with E-state index in [0.717, 1.165) is 28.7 Å². The zero-order valence-electron chi connectivity index (χ0n) is 13.5. The summed E-state index contributed by atoms with van der Waals surface area (Å²) in [5.74, 6) is 1.02. The van der Waals surface area contributed by atoms with E-state index in [2.05, 4.69) is 6.92 Å². The summed E-state index contributed by atoms with van der Waals surface area (Å²) in [6.45, 7) is 8.00. The second-order valence-electron chi connectivity index (χ2n) is 6.64. The van der Waals surface area contributed by atoms with Crippen molar-refractivity contribution in [3.63, 3.8) is 0 Å². The molecule has 0 amide bonds. The summed E-state index contributed by atoms with van der Waals surface area (Å²) in [7, 11) is 0. The van der Waals surface area contributed by atoms with Crippen molar-refractivity contribution in [2.75, 3.05) is 0 Å². The van der Waals surface area contributed by atoms with Gasteiger partial charge in [0.05, 0.1) is 5.92 Å². The first kappa shape index (κ1) is 15.9. The average molecular weight is 290 g/mol. The Labute approximate surface area is 127 Å². The van der Waals surface area contributed by atoms with Gasteiger partial charge in [-0.15, -0.1) is 0 Å². The van der Waals surface area contributed by atoms with E-state index in [1.807, 2.05) is 13.8 Å². The largest absolute Gasteiger partial charge is 0.481 e. The fraction of sp³-hybridized carbons (Fsp3) is 0.706. The number of aliphatic carboxylic acids is 1. The molecule has 0 aromatic carbocycles. The Hall–Kier alpha value is -1.45. The van der Waals surface area contributed by atoms with Gasteiger partial charge in [-0.05, 0) is 44.6 Å². The van der Waals surface area contributed by atoms with E-state index >= 15 is 0 Å². The molecule has 1 N–H and O–H groups in total. The van der Waals surface area contributed by atoms with Gasteiger partial charge < -0.3 is 5.11 Å². The quantitative estimate of drug-likeness (QED) is 0.919. The maximum absolute atomic E-state index is 11.0. The third-order valence-corrected chi connectivity index (χ3v) is 4.67. The normalized spacial score (nSPS) is 23.8. The van der Waals surface area contributed by atoms with E-state index in [0.29, 0.717) is 12.3 Å². The third kappa shape index (κ3) is 3.80. The standard InChI is InChI=1S/C17H26N2O2/c1-10-6-5-7-14(8-10)16-18-12(3)15(13(4)19-16)9-11(2)17(20)21/h10-11,14H,5-9H2,1-4H3,(H,20,21). The number of rotatable bonds is 4. The highest BCUT2D eigenvalue weighted by atomic mass is 16.4. The molecule has 1 aromatic heterocycles. The van der Waals surface area contributed by atoms with Crippen LogP contribution in [0.25, 0.3) is 0 Å². The smallest absolute Gasteiger partial charge is 0.306 e. The maximum atomic E-state index is 11.0. The number of hydrogen-bond donors (Lipinski definition) is 1. The average Bonchev–Trinajstić information content (AvgIpc) is 2.42. The summed E-state index contributed by atoms with van der Waals surface area (Å²) in [6.07, 6.45) is 5.42. The first-order chi connectivity index (χ1) is 9.88. The van der Waals surface area contributed by atoms with E-state index in [1.54, 1.807) is 6.92 Å².